The average molecular weight is 420 g/mol. The Hall–Kier alpha value is -3.64. The Bertz CT molecular complexity index is 981. The molecular weight excluding hydrogens is 396 g/mol. The summed E-state index contributed by atoms with van der Waals surface area (Å²) in [4.78, 5) is 23.4. The van der Waals surface area contributed by atoms with Crippen molar-refractivity contribution in [3.8, 4) is 11.5 Å². The van der Waals surface area contributed by atoms with Crippen molar-refractivity contribution in [1.82, 2.24) is 0 Å². The first-order valence-electron chi connectivity index (χ1n) is 9.87. The molecule has 0 aliphatic heterocycles. The van der Waals surface area contributed by atoms with Crippen molar-refractivity contribution in [3.05, 3.63) is 95.6 Å². The minimum atomic E-state index is -0.988. The number of benzene rings is 3. The van der Waals surface area contributed by atoms with Crippen LogP contribution in [0.15, 0.2) is 78.9 Å². The molecule has 6 heteroatoms. The zero-order chi connectivity index (χ0) is 22.1. The molecule has 0 aliphatic carbocycles. The second kappa shape index (κ2) is 10.9. The number of hydrogen-bond donors (Lipinski definition) is 1. The highest BCUT2D eigenvalue weighted by atomic mass is 16.5. The van der Waals surface area contributed by atoms with Gasteiger partial charge in [0.2, 0.25) is 0 Å². The van der Waals surface area contributed by atoms with E-state index >= 15 is 0 Å². The van der Waals surface area contributed by atoms with Crippen molar-refractivity contribution in [2.45, 2.75) is 12.5 Å². The second-order valence-electron chi connectivity index (χ2n) is 6.83. The molecule has 0 saturated carbocycles. The van der Waals surface area contributed by atoms with Crippen LogP contribution in [0.25, 0.3) is 0 Å². The monoisotopic (exact) mass is 420 g/mol. The van der Waals surface area contributed by atoms with E-state index < -0.39 is 12.1 Å². The first kappa shape index (κ1) is 22.1. The van der Waals surface area contributed by atoms with E-state index in [0.29, 0.717) is 35.8 Å². The summed E-state index contributed by atoms with van der Waals surface area (Å²) in [6.07, 6.45) is -0.576. The van der Waals surface area contributed by atoms with Crippen molar-refractivity contribution in [2.75, 3.05) is 20.3 Å². The molecule has 160 valence electrons. The van der Waals surface area contributed by atoms with E-state index in [1.165, 1.54) is 7.11 Å². The van der Waals surface area contributed by atoms with Gasteiger partial charge < -0.3 is 19.3 Å². The van der Waals surface area contributed by atoms with Crippen LogP contribution >= 0.6 is 0 Å². The fourth-order valence-electron chi connectivity index (χ4n) is 2.99. The summed E-state index contributed by atoms with van der Waals surface area (Å²) in [5.41, 5.74) is 2.10. The Morgan fingerprint density at radius 2 is 1.29 bits per heavy atom. The maximum atomic E-state index is 12.4. The van der Waals surface area contributed by atoms with Gasteiger partial charge in [0.1, 0.15) is 24.7 Å². The number of ketones is 1. The standard InChI is InChI=1S/C25H24O6/c1-29-23(25(27)28)17-18-7-11-21(12-8-18)30-15-16-31-22-13-9-20(10-14-22)24(26)19-5-3-2-4-6-19/h2-14,23H,15-17H2,1H3,(H,27,28). The Morgan fingerprint density at radius 3 is 1.81 bits per heavy atom. The fraction of sp³-hybridized carbons (Fsp3) is 0.200. The van der Waals surface area contributed by atoms with Gasteiger partial charge in [-0.15, -0.1) is 0 Å². The number of hydrogen-bond acceptors (Lipinski definition) is 5. The molecule has 0 spiro atoms. The molecule has 0 aromatic heterocycles. The lowest BCUT2D eigenvalue weighted by molar-refractivity contribution is -0.148. The number of carbonyl (C=O) groups is 2. The number of carboxylic acids is 1. The smallest absolute Gasteiger partial charge is 0.333 e. The third-order valence-electron chi connectivity index (χ3n) is 4.68. The topological polar surface area (TPSA) is 82.1 Å². The van der Waals surface area contributed by atoms with Crippen LogP contribution in [-0.4, -0.2) is 43.3 Å². The van der Waals surface area contributed by atoms with Crippen LogP contribution in [0.3, 0.4) is 0 Å². The summed E-state index contributed by atoms with van der Waals surface area (Å²) >= 11 is 0. The van der Waals surface area contributed by atoms with Gasteiger partial charge in [-0.1, -0.05) is 42.5 Å². The summed E-state index contributed by atoms with van der Waals surface area (Å²) in [7, 11) is 1.38. The van der Waals surface area contributed by atoms with E-state index in [9.17, 15) is 9.59 Å². The zero-order valence-corrected chi connectivity index (χ0v) is 17.2. The molecule has 0 fully saturated rings. The van der Waals surface area contributed by atoms with Gasteiger partial charge in [-0.3, -0.25) is 4.79 Å². The number of rotatable bonds is 11. The van der Waals surface area contributed by atoms with E-state index in [0.717, 1.165) is 5.56 Å². The van der Waals surface area contributed by atoms with Crippen LogP contribution in [0.5, 0.6) is 11.5 Å². The van der Waals surface area contributed by atoms with Crippen molar-refractivity contribution < 1.29 is 28.9 Å². The van der Waals surface area contributed by atoms with Crippen LogP contribution in [0.1, 0.15) is 21.5 Å². The van der Waals surface area contributed by atoms with Gasteiger partial charge in [0.25, 0.3) is 0 Å². The molecule has 1 atom stereocenters. The Balaban J connectivity index is 1.43. The molecule has 1 unspecified atom stereocenters. The van der Waals surface area contributed by atoms with Gasteiger partial charge >= 0.3 is 5.97 Å². The fourth-order valence-corrected chi connectivity index (χ4v) is 2.99. The third-order valence-corrected chi connectivity index (χ3v) is 4.68. The summed E-state index contributed by atoms with van der Waals surface area (Å²) in [5.74, 6) is 0.305. The molecule has 0 aliphatic rings. The van der Waals surface area contributed by atoms with E-state index in [-0.39, 0.29) is 12.2 Å². The molecule has 0 radical (unpaired) electrons. The van der Waals surface area contributed by atoms with E-state index in [1.807, 2.05) is 30.3 Å². The zero-order valence-electron chi connectivity index (χ0n) is 17.2. The SMILES string of the molecule is COC(Cc1ccc(OCCOc2ccc(C(=O)c3ccccc3)cc2)cc1)C(=O)O. The summed E-state index contributed by atoms with van der Waals surface area (Å²) < 4.78 is 16.3. The van der Waals surface area contributed by atoms with Crippen molar-refractivity contribution in [3.63, 3.8) is 0 Å². The molecule has 0 amide bonds. The average Bonchev–Trinajstić information content (AvgIpc) is 2.81. The molecule has 0 heterocycles. The lowest BCUT2D eigenvalue weighted by Gasteiger charge is -2.11. The molecule has 31 heavy (non-hydrogen) atoms. The maximum Gasteiger partial charge on any atom is 0.333 e. The van der Waals surface area contributed by atoms with Gasteiger partial charge in [0, 0.05) is 24.7 Å². The van der Waals surface area contributed by atoms with Crippen molar-refractivity contribution in [2.24, 2.45) is 0 Å². The molecule has 3 aromatic carbocycles. The van der Waals surface area contributed by atoms with Crippen LogP contribution in [0, 0.1) is 0 Å². The van der Waals surface area contributed by atoms with Crippen molar-refractivity contribution in [1.29, 1.82) is 0 Å². The number of aliphatic carboxylic acids is 1. The molecule has 0 bridgehead atoms. The predicted molar refractivity (Wildman–Crippen MR) is 116 cm³/mol. The lowest BCUT2D eigenvalue weighted by Crippen LogP contribution is -2.24. The normalized spacial score (nSPS) is 11.5. The first-order valence-corrected chi connectivity index (χ1v) is 9.87. The van der Waals surface area contributed by atoms with Gasteiger partial charge in [0.15, 0.2) is 11.9 Å². The van der Waals surface area contributed by atoms with E-state index in [4.69, 9.17) is 19.3 Å². The molecule has 3 aromatic rings. The van der Waals surface area contributed by atoms with Gasteiger partial charge in [0.05, 0.1) is 0 Å². The minimum absolute atomic E-state index is 0.0286. The van der Waals surface area contributed by atoms with Gasteiger partial charge in [-0.2, -0.15) is 0 Å². The first-order chi connectivity index (χ1) is 15.1. The largest absolute Gasteiger partial charge is 0.490 e. The Kier molecular flexibility index (Phi) is 7.79. The molecule has 1 N–H and O–H groups in total. The Labute approximate surface area is 181 Å². The quantitative estimate of drug-likeness (QED) is 0.373. The lowest BCUT2D eigenvalue weighted by atomic mass is 10.0. The minimum Gasteiger partial charge on any atom is -0.490 e. The summed E-state index contributed by atoms with van der Waals surface area (Å²) in [6.45, 7) is 0.693. The van der Waals surface area contributed by atoms with Gasteiger partial charge in [-0.25, -0.2) is 4.79 Å². The molecule has 3 rings (SSSR count). The second-order valence-corrected chi connectivity index (χ2v) is 6.83. The summed E-state index contributed by atoms with van der Waals surface area (Å²) in [6, 6.07) is 23.3. The number of ether oxygens (including phenoxy) is 3. The molecule has 0 saturated heterocycles. The van der Waals surface area contributed by atoms with E-state index in [2.05, 4.69) is 0 Å². The number of methoxy groups -OCH3 is 1. The highest BCUT2D eigenvalue weighted by Gasteiger charge is 2.16. The van der Waals surface area contributed by atoms with E-state index in [1.54, 1.807) is 48.5 Å². The highest BCUT2D eigenvalue weighted by molar-refractivity contribution is 6.08. The van der Waals surface area contributed by atoms with Crippen LogP contribution in [0.2, 0.25) is 0 Å². The number of carbonyl (C=O) groups excluding carboxylic acids is 1. The third kappa shape index (κ3) is 6.42. The maximum absolute atomic E-state index is 12.4. The van der Waals surface area contributed by atoms with Crippen LogP contribution in [0.4, 0.5) is 0 Å². The highest BCUT2D eigenvalue weighted by Crippen LogP contribution is 2.17. The molecule has 6 nitrogen and oxygen atoms in total. The Morgan fingerprint density at radius 1 is 0.774 bits per heavy atom. The van der Waals surface area contributed by atoms with Crippen LogP contribution in [-0.2, 0) is 16.0 Å². The predicted octanol–water partition coefficient (Wildman–Crippen LogP) is 4.02. The van der Waals surface area contributed by atoms with Crippen LogP contribution < -0.4 is 9.47 Å². The summed E-state index contributed by atoms with van der Waals surface area (Å²) in [5, 5.41) is 9.04. The van der Waals surface area contributed by atoms with Gasteiger partial charge in [-0.05, 0) is 42.0 Å². The van der Waals surface area contributed by atoms with Crippen molar-refractivity contribution >= 4 is 11.8 Å². The number of carboxylic acid groups (broad SMARTS) is 1. The molecular formula is C25H24O6.